The fraction of sp³-hybridized carbons (Fsp3) is 0.143. The molecule has 0 radical (unpaired) electrons. The minimum absolute atomic E-state index is 0.228. The van der Waals surface area contributed by atoms with Gasteiger partial charge in [0.25, 0.3) is 0 Å². The first-order chi connectivity index (χ1) is 9.65. The molecule has 0 bridgehead atoms. The van der Waals surface area contributed by atoms with Crippen molar-refractivity contribution in [3.63, 3.8) is 0 Å². The van der Waals surface area contributed by atoms with E-state index in [-0.39, 0.29) is 5.82 Å². The van der Waals surface area contributed by atoms with Gasteiger partial charge in [-0.1, -0.05) is 15.9 Å². The number of aromatic nitrogens is 2. The predicted octanol–water partition coefficient (Wildman–Crippen LogP) is 4.51. The molecule has 0 saturated carbocycles. The molecule has 0 aliphatic carbocycles. The van der Waals surface area contributed by atoms with Crippen molar-refractivity contribution in [3.05, 3.63) is 51.3 Å². The predicted molar refractivity (Wildman–Crippen MR) is 83.6 cm³/mol. The lowest BCUT2D eigenvalue weighted by molar-refractivity contribution is 0.612. The Hall–Kier alpha value is -1.53. The maximum Gasteiger partial charge on any atom is 0.147 e. The highest BCUT2D eigenvalue weighted by atomic mass is 79.9. The van der Waals surface area contributed by atoms with Crippen LogP contribution in [0.3, 0.4) is 0 Å². The summed E-state index contributed by atoms with van der Waals surface area (Å²) in [6.07, 6.45) is 1.53. The minimum Gasteiger partial charge on any atom is -0.365 e. The highest BCUT2D eigenvalue weighted by Crippen LogP contribution is 2.28. The van der Waals surface area contributed by atoms with Crippen molar-refractivity contribution in [2.45, 2.75) is 13.5 Å². The molecule has 0 fully saturated rings. The van der Waals surface area contributed by atoms with Gasteiger partial charge in [0, 0.05) is 16.6 Å². The lowest BCUT2D eigenvalue weighted by Crippen LogP contribution is -2.03. The Morgan fingerprint density at radius 1 is 1.35 bits per heavy atom. The largest absolute Gasteiger partial charge is 0.365 e. The molecule has 20 heavy (non-hydrogen) atoms. The Bertz CT molecular complexity index is 772. The molecule has 3 rings (SSSR count). The van der Waals surface area contributed by atoms with Gasteiger partial charge in [0.2, 0.25) is 0 Å². The van der Waals surface area contributed by atoms with Crippen LogP contribution in [0.15, 0.2) is 34.4 Å². The number of thiophene rings is 1. The summed E-state index contributed by atoms with van der Waals surface area (Å²) in [6.45, 7) is 2.40. The summed E-state index contributed by atoms with van der Waals surface area (Å²) in [5.41, 5.74) is 2.67. The van der Waals surface area contributed by atoms with Crippen LogP contribution in [0.1, 0.15) is 11.1 Å². The van der Waals surface area contributed by atoms with E-state index in [2.05, 4.69) is 31.2 Å². The van der Waals surface area contributed by atoms with E-state index in [0.717, 1.165) is 26.1 Å². The molecule has 0 aliphatic rings. The number of nitrogens with one attached hydrogen (secondary N) is 1. The second-order valence-corrected chi connectivity index (χ2v) is 6.20. The molecule has 1 N–H and O–H groups in total. The van der Waals surface area contributed by atoms with Crippen LogP contribution in [-0.4, -0.2) is 9.97 Å². The van der Waals surface area contributed by atoms with Crippen LogP contribution in [0.4, 0.5) is 10.2 Å². The summed E-state index contributed by atoms with van der Waals surface area (Å²) >= 11 is 4.94. The first-order valence-corrected chi connectivity index (χ1v) is 7.69. The van der Waals surface area contributed by atoms with Gasteiger partial charge in [-0.15, -0.1) is 11.3 Å². The Labute approximate surface area is 128 Å². The van der Waals surface area contributed by atoms with E-state index in [1.165, 1.54) is 12.4 Å². The number of fused-ring (bicyclic) bond motifs is 1. The van der Waals surface area contributed by atoms with Crippen LogP contribution >= 0.6 is 27.3 Å². The van der Waals surface area contributed by atoms with E-state index in [1.807, 2.05) is 12.3 Å². The molecular weight excluding hydrogens is 341 g/mol. The topological polar surface area (TPSA) is 37.8 Å². The number of hydrogen-bond acceptors (Lipinski definition) is 4. The monoisotopic (exact) mass is 351 g/mol. The highest BCUT2D eigenvalue weighted by molar-refractivity contribution is 9.10. The first-order valence-electron chi connectivity index (χ1n) is 6.02. The maximum atomic E-state index is 13.7. The SMILES string of the molecule is Cc1csc2c(NCc3cc(Br)ccc3F)ncnc12. The standard InChI is InChI=1S/C14H11BrFN3S/c1-8-6-20-13-12(8)18-7-19-14(13)17-5-9-4-10(15)2-3-11(9)16/h2-4,6-7H,5H2,1H3,(H,17,18,19). The van der Waals surface area contributed by atoms with Crippen LogP contribution in [0.5, 0.6) is 0 Å². The van der Waals surface area contributed by atoms with Crippen LogP contribution in [0, 0.1) is 12.7 Å². The maximum absolute atomic E-state index is 13.7. The van der Waals surface area contributed by atoms with Crippen molar-refractivity contribution in [3.8, 4) is 0 Å². The molecule has 0 saturated heterocycles. The minimum atomic E-state index is -0.228. The van der Waals surface area contributed by atoms with Gasteiger partial charge in [-0.3, -0.25) is 0 Å². The van der Waals surface area contributed by atoms with Gasteiger partial charge in [0.15, 0.2) is 0 Å². The number of rotatable bonds is 3. The van der Waals surface area contributed by atoms with Crippen molar-refractivity contribution in [2.75, 3.05) is 5.32 Å². The fourth-order valence-electron chi connectivity index (χ4n) is 1.95. The van der Waals surface area contributed by atoms with Gasteiger partial charge in [-0.2, -0.15) is 0 Å². The summed E-state index contributed by atoms with van der Waals surface area (Å²) in [7, 11) is 0. The van der Waals surface area contributed by atoms with Crippen molar-refractivity contribution in [1.82, 2.24) is 9.97 Å². The van der Waals surface area contributed by atoms with E-state index in [0.29, 0.717) is 12.1 Å². The second-order valence-electron chi connectivity index (χ2n) is 4.41. The normalized spacial score (nSPS) is 10.9. The third-order valence-corrected chi connectivity index (χ3v) is 4.57. The molecule has 0 atom stereocenters. The summed E-state index contributed by atoms with van der Waals surface area (Å²) in [4.78, 5) is 8.51. The molecule has 1 aromatic carbocycles. The van der Waals surface area contributed by atoms with Crippen molar-refractivity contribution >= 4 is 43.3 Å². The number of aryl methyl sites for hydroxylation is 1. The second kappa shape index (κ2) is 5.46. The highest BCUT2D eigenvalue weighted by Gasteiger charge is 2.09. The third-order valence-electron chi connectivity index (χ3n) is 2.98. The van der Waals surface area contributed by atoms with Gasteiger partial charge in [-0.05, 0) is 36.1 Å². The van der Waals surface area contributed by atoms with Crippen LogP contribution in [0.25, 0.3) is 10.2 Å². The van der Waals surface area contributed by atoms with Gasteiger partial charge in [0.05, 0.1) is 10.2 Å². The van der Waals surface area contributed by atoms with E-state index in [4.69, 9.17) is 0 Å². The smallest absolute Gasteiger partial charge is 0.147 e. The van der Waals surface area contributed by atoms with E-state index in [1.54, 1.807) is 23.5 Å². The average Bonchev–Trinajstić information content (AvgIpc) is 2.82. The Kier molecular flexibility index (Phi) is 3.67. The molecule has 2 heterocycles. The van der Waals surface area contributed by atoms with E-state index < -0.39 is 0 Å². The first kappa shape index (κ1) is 13.5. The van der Waals surface area contributed by atoms with Gasteiger partial charge < -0.3 is 5.32 Å². The van der Waals surface area contributed by atoms with Crippen LogP contribution in [-0.2, 0) is 6.54 Å². The van der Waals surface area contributed by atoms with E-state index >= 15 is 0 Å². The quantitative estimate of drug-likeness (QED) is 0.754. The molecule has 6 heteroatoms. The molecule has 2 aromatic heterocycles. The zero-order valence-electron chi connectivity index (χ0n) is 10.7. The van der Waals surface area contributed by atoms with Gasteiger partial charge in [0.1, 0.15) is 18.0 Å². The van der Waals surface area contributed by atoms with Crippen LogP contribution < -0.4 is 5.32 Å². The fourth-order valence-corrected chi connectivity index (χ4v) is 3.33. The van der Waals surface area contributed by atoms with Crippen molar-refractivity contribution < 1.29 is 4.39 Å². The molecule has 102 valence electrons. The van der Waals surface area contributed by atoms with Gasteiger partial charge >= 0.3 is 0 Å². The lowest BCUT2D eigenvalue weighted by atomic mass is 10.2. The molecule has 0 amide bonds. The third kappa shape index (κ3) is 2.53. The van der Waals surface area contributed by atoms with E-state index in [9.17, 15) is 4.39 Å². The molecule has 3 nitrogen and oxygen atoms in total. The summed E-state index contributed by atoms with van der Waals surface area (Å²) < 4.78 is 15.6. The molecule has 0 aliphatic heterocycles. The van der Waals surface area contributed by atoms with Crippen molar-refractivity contribution in [1.29, 1.82) is 0 Å². The summed E-state index contributed by atoms with van der Waals surface area (Å²) in [5.74, 6) is 0.515. The number of halogens is 2. The zero-order valence-corrected chi connectivity index (χ0v) is 13.1. The lowest BCUT2D eigenvalue weighted by Gasteiger charge is -2.08. The zero-order chi connectivity index (χ0) is 14.1. The molecular formula is C14H11BrFN3S. The molecule has 3 aromatic rings. The number of benzene rings is 1. The van der Waals surface area contributed by atoms with Crippen LogP contribution in [0.2, 0.25) is 0 Å². The number of anilines is 1. The van der Waals surface area contributed by atoms with Gasteiger partial charge in [-0.25, -0.2) is 14.4 Å². The molecule has 0 spiro atoms. The Morgan fingerprint density at radius 2 is 2.20 bits per heavy atom. The summed E-state index contributed by atoms with van der Waals surface area (Å²) in [5, 5.41) is 5.23. The Morgan fingerprint density at radius 3 is 3.05 bits per heavy atom. The summed E-state index contributed by atoms with van der Waals surface area (Å²) in [6, 6.07) is 4.90. The molecule has 0 unspecified atom stereocenters. The average molecular weight is 352 g/mol. The number of nitrogens with zero attached hydrogens (tertiary/aromatic N) is 2. The number of hydrogen-bond donors (Lipinski definition) is 1. The Balaban J connectivity index is 1.88. The van der Waals surface area contributed by atoms with Crippen molar-refractivity contribution in [2.24, 2.45) is 0 Å².